The summed E-state index contributed by atoms with van der Waals surface area (Å²) >= 11 is 0. The number of nitroso groups, excluding NO2 is 2. The van der Waals surface area contributed by atoms with Crippen molar-refractivity contribution < 1.29 is 16.8 Å². The summed E-state index contributed by atoms with van der Waals surface area (Å²) < 4.78 is 57.2. The first kappa shape index (κ1) is 29.0. The highest BCUT2D eigenvalue weighted by atomic mass is 32.2. The van der Waals surface area contributed by atoms with E-state index in [1.165, 1.54) is 45.0 Å². The average molecular weight is 589 g/mol. The molecule has 40 heavy (non-hydrogen) atoms. The molecule has 0 spiro atoms. The van der Waals surface area contributed by atoms with Gasteiger partial charge < -0.3 is 0 Å². The molecule has 0 radical (unpaired) electrons. The first-order valence-electron chi connectivity index (χ1n) is 13.8. The molecular weight excluding hydrogens is 552 g/mol. The lowest BCUT2D eigenvalue weighted by atomic mass is 9.80. The fraction of sp³-hybridized carbons (Fsp3) is 0.571. The zero-order chi connectivity index (χ0) is 29.0. The van der Waals surface area contributed by atoms with Gasteiger partial charge >= 0.3 is 0 Å². The van der Waals surface area contributed by atoms with E-state index in [0.717, 1.165) is 12.8 Å². The predicted molar refractivity (Wildman–Crippen MR) is 152 cm³/mol. The van der Waals surface area contributed by atoms with Crippen molar-refractivity contribution in [1.82, 2.24) is 8.61 Å². The normalized spacial score (nSPS) is 29.8. The Morgan fingerprint density at radius 3 is 1.20 bits per heavy atom. The summed E-state index contributed by atoms with van der Waals surface area (Å²) in [5, 5.41) is 6.60. The van der Waals surface area contributed by atoms with E-state index in [-0.39, 0.29) is 33.5 Å². The molecule has 12 heteroatoms. The summed E-state index contributed by atoms with van der Waals surface area (Å²) in [6.45, 7) is 9.73. The molecule has 1 aliphatic carbocycles. The van der Waals surface area contributed by atoms with E-state index >= 15 is 0 Å². The molecule has 0 bridgehead atoms. The standard InChI is InChI=1S/C28H36N4O6S2/c1-17-9-18(2)14-31(13-17)39(35,36)21-5-7-23-25(11-21)27(29-33)24-8-6-22(12-26(24)28(23)30-34)40(37,38)32-15-19(3)10-20(4)16-32/h5-8,11-12,17-20,27-28H,9-10,13-16H2,1-4H3/t17-,18+,19-,20+,27?,28?. The van der Waals surface area contributed by atoms with E-state index < -0.39 is 32.1 Å². The molecule has 0 aromatic heterocycles. The van der Waals surface area contributed by atoms with Gasteiger partial charge in [-0.2, -0.15) is 8.61 Å². The molecule has 2 aromatic carbocycles. The van der Waals surface area contributed by atoms with Gasteiger partial charge in [0.2, 0.25) is 20.0 Å². The van der Waals surface area contributed by atoms with Gasteiger partial charge in [0, 0.05) is 26.2 Å². The maximum Gasteiger partial charge on any atom is 0.243 e. The minimum absolute atomic E-state index is 0.0295. The number of sulfonamides is 2. The Kier molecular flexibility index (Phi) is 7.75. The van der Waals surface area contributed by atoms with Crippen molar-refractivity contribution in [3.63, 3.8) is 0 Å². The SMILES string of the molecule is C[C@@H]1C[C@H](C)CN(S(=O)(=O)c2ccc3c(c2)C(N=O)c2ccc(S(=O)(=O)N4C[C@H](C)C[C@H](C)C4)cc2C3N=O)C1. The van der Waals surface area contributed by atoms with Crippen LogP contribution in [-0.2, 0) is 20.0 Å². The van der Waals surface area contributed by atoms with Crippen LogP contribution < -0.4 is 0 Å². The second-order valence-corrected chi connectivity index (χ2v) is 16.0. The average Bonchev–Trinajstić information content (AvgIpc) is 2.89. The van der Waals surface area contributed by atoms with Gasteiger partial charge in [-0.15, -0.1) is 9.81 Å². The largest absolute Gasteiger partial charge is 0.243 e. The lowest BCUT2D eigenvalue weighted by molar-refractivity contribution is 0.222. The number of piperidine rings is 2. The minimum Gasteiger partial charge on any atom is -0.207 e. The van der Waals surface area contributed by atoms with Gasteiger partial charge in [0.25, 0.3) is 0 Å². The van der Waals surface area contributed by atoms with Gasteiger partial charge in [-0.1, -0.05) is 50.2 Å². The Labute approximate surface area is 236 Å². The van der Waals surface area contributed by atoms with Crippen LogP contribution in [0.4, 0.5) is 0 Å². The van der Waals surface area contributed by atoms with Crippen LogP contribution in [0.3, 0.4) is 0 Å². The van der Waals surface area contributed by atoms with Crippen molar-refractivity contribution in [2.45, 2.75) is 62.4 Å². The van der Waals surface area contributed by atoms with E-state index in [4.69, 9.17) is 0 Å². The smallest absolute Gasteiger partial charge is 0.207 e. The van der Waals surface area contributed by atoms with E-state index in [0.29, 0.717) is 48.4 Å². The highest BCUT2D eigenvalue weighted by Crippen LogP contribution is 2.46. The quantitative estimate of drug-likeness (QED) is 0.434. The lowest BCUT2D eigenvalue weighted by Gasteiger charge is -2.35. The molecule has 0 saturated carbocycles. The van der Waals surface area contributed by atoms with Gasteiger partial charge in [-0.25, -0.2) is 16.8 Å². The molecule has 0 amide bonds. The maximum absolute atomic E-state index is 13.6. The Hall–Kier alpha value is -2.54. The third-order valence-electron chi connectivity index (χ3n) is 8.45. The van der Waals surface area contributed by atoms with Crippen molar-refractivity contribution in [1.29, 1.82) is 0 Å². The van der Waals surface area contributed by atoms with Gasteiger partial charge in [-0.05, 0) is 83.0 Å². The van der Waals surface area contributed by atoms with E-state index in [1.807, 2.05) is 27.7 Å². The van der Waals surface area contributed by atoms with Gasteiger partial charge in [0.15, 0.2) is 0 Å². The molecule has 10 nitrogen and oxygen atoms in total. The number of rotatable bonds is 6. The van der Waals surface area contributed by atoms with Crippen LogP contribution in [0.1, 0.15) is 74.9 Å². The molecule has 6 atom stereocenters. The van der Waals surface area contributed by atoms with Crippen molar-refractivity contribution >= 4 is 20.0 Å². The van der Waals surface area contributed by atoms with Crippen molar-refractivity contribution in [2.75, 3.05) is 26.2 Å². The molecule has 2 aromatic rings. The maximum atomic E-state index is 13.6. The molecule has 0 N–H and O–H groups in total. The Bertz CT molecular complexity index is 1410. The predicted octanol–water partition coefficient (Wildman–Crippen LogP) is 5.04. The fourth-order valence-electron chi connectivity index (χ4n) is 6.86. The monoisotopic (exact) mass is 588 g/mol. The van der Waals surface area contributed by atoms with Crippen molar-refractivity contribution in [3.05, 3.63) is 68.5 Å². The second-order valence-electron chi connectivity index (χ2n) is 12.1. The zero-order valence-corrected chi connectivity index (χ0v) is 24.9. The summed E-state index contributed by atoms with van der Waals surface area (Å²) in [5.74, 6) is 0.881. The number of nitrogens with zero attached hydrogens (tertiary/aromatic N) is 4. The Morgan fingerprint density at radius 1 is 0.575 bits per heavy atom. The molecule has 2 heterocycles. The van der Waals surface area contributed by atoms with Crippen molar-refractivity contribution in [3.8, 4) is 0 Å². The van der Waals surface area contributed by atoms with Crippen LogP contribution in [0.5, 0.6) is 0 Å². The fourth-order valence-corrected chi connectivity index (χ4v) is 10.3. The van der Waals surface area contributed by atoms with E-state index in [9.17, 15) is 26.6 Å². The van der Waals surface area contributed by atoms with Crippen LogP contribution in [0.15, 0.2) is 56.5 Å². The number of benzene rings is 2. The summed E-state index contributed by atoms with van der Waals surface area (Å²) in [6, 6.07) is 6.49. The van der Waals surface area contributed by atoms with Crippen molar-refractivity contribution in [2.24, 2.45) is 34.0 Å². The van der Waals surface area contributed by atoms with E-state index in [2.05, 4.69) is 10.4 Å². The summed E-state index contributed by atoms with van der Waals surface area (Å²) in [4.78, 5) is 24.4. The molecular formula is C28H36N4O6S2. The molecule has 5 rings (SSSR count). The zero-order valence-electron chi connectivity index (χ0n) is 23.2. The molecule has 2 fully saturated rings. The topological polar surface area (TPSA) is 134 Å². The summed E-state index contributed by atoms with van der Waals surface area (Å²) in [5.41, 5.74) is 1.28. The summed E-state index contributed by atoms with van der Waals surface area (Å²) in [7, 11) is -7.69. The Morgan fingerprint density at radius 2 is 0.900 bits per heavy atom. The summed E-state index contributed by atoms with van der Waals surface area (Å²) in [6.07, 6.45) is 1.90. The molecule has 2 unspecified atom stereocenters. The van der Waals surface area contributed by atoms with Crippen LogP contribution in [0.25, 0.3) is 0 Å². The van der Waals surface area contributed by atoms with Crippen LogP contribution >= 0.6 is 0 Å². The number of fused-ring (bicyclic) bond motifs is 2. The molecule has 3 aliphatic rings. The van der Waals surface area contributed by atoms with Crippen LogP contribution in [-0.4, -0.2) is 51.6 Å². The molecule has 216 valence electrons. The van der Waals surface area contributed by atoms with E-state index in [1.54, 1.807) is 0 Å². The molecule has 2 aliphatic heterocycles. The highest BCUT2D eigenvalue weighted by molar-refractivity contribution is 7.89. The van der Waals surface area contributed by atoms with Gasteiger partial charge in [0.1, 0.15) is 12.1 Å². The minimum atomic E-state index is -3.85. The highest BCUT2D eigenvalue weighted by Gasteiger charge is 2.39. The second kappa shape index (κ2) is 10.7. The van der Waals surface area contributed by atoms with Crippen LogP contribution in [0.2, 0.25) is 0 Å². The van der Waals surface area contributed by atoms with Crippen LogP contribution in [0, 0.1) is 33.5 Å². The first-order chi connectivity index (χ1) is 18.9. The molecule has 2 saturated heterocycles. The number of hydrogen-bond donors (Lipinski definition) is 0. The third-order valence-corrected chi connectivity index (χ3v) is 12.1. The van der Waals surface area contributed by atoms with Gasteiger partial charge in [0.05, 0.1) is 9.79 Å². The van der Waals surface area contributed by atoms with Gasteiger partial charge in [-0.3, -0.25) is 0 Å². The lowest BCUT2D eigenvalue weighted by Crippen LogP contribution is -2.42. The third kappa shape index (κ3) is 5.03. The first-order valence-corrected chi connectivity index (χ1v) is 16.7. The Balaban J connectivity index is 1.55. The number of hydrogen-bond acceptors (Lipinski definition) is 8.